The standard InChI is InChI=1S/C10H13ClN4O2/c1-14-4-3-6(9(14)16)13-7-5-12-15(2)10(17)8(7)11/h5-6,13H,3-4H2,1-2H3. The Balaban J connectivity index is 2.23. The molecule has 0 aliphatic carbocycles. The number of halogens is 1. The monoisotopic (exact) mass is 256 g/mol. The van der Waals surface area contributed by atoms with Gasteiger partial charge in [-0.05, 0) is 6.42 Å². The number of aromatic nitrogens is 2. The maximum Gasteiger partial charge on any atom is 0.287 e. The van der Waals surface area contributed by atoms with E-state index in [0.717, 1.165) is 4.68 Å². The minimum Gasteiger partial charge on any atom is -0.371 e. The number of aryl methyl sites for hydroxylation is 1. The van der Waals surface area contributed by atoms with Crippen LogP contribution in [0, 0.1) is 0 Å². The Hall–Kier alpha value is -1.56. The highest BCUT2D eigenvalue weighted by Crippen LogP contribution is 2.20. The highest BCUT2D eigenvalue weighted by atomic mass is 35.5. The second kappa shape index (κ2) is 4.37. The van der Waals surface area contributed by atoms with Crippen molar-refractivity contribution in [1.82, 2.24) is 14.7 Å². The quantitative estimate of drug-likeness (QED) is 0.814. The van der Waals surface area contributed by atoms with Crippen molar-refractivity contribution in [3.8, 4) is 0 Å². The van der Waals surface area contributed by atoms with E-state index in [1.807, 2.05) is 0 Å². The molecule has 6 nitrogen and oxygen atoms in total. The average molecular weight is 257 g/mol. The molecule has 7 heteroatoms. The molecule has 1 N–H and O–H groups in total. The van der Waals surface area contributed by atoms with E-state index in [9.17, 15) is 9.59 Å². The normalized spacial score (nSPS) is 19.8. The minimum atomic E-state index is -0.379. The van der Waals surface area contributed by atoms with Crippen LogP contribution in [-0.4, -0.2) is 40.2 Å². The van der Waals surface area contributed by atoms with Crippen LogP contribution in [0.2, 0.25) is 5.02 Å². The van der Waals surface area contributed by atoms with E-state index in [2.05, 4.69) is 10.4 Å². The number of hydrogen-bond donors (Lipinski definition) is 1. The number of likely N-dealkylation sites (tertiary alicyclic amines) is 1. The van der Waals surface area contributed by atoms with Crippen LogP contribution in [0.25, 0.3) is 0 Å². The number of anilines is 1. The van der Waals surface area contributed by atoms with Gasteiger partial charge in [0.2, 0.25) is 5.91 Å². The van der Waals surface area contributed by atoms with Crippen molar-refractivity contribution >= 4 is 23.2 Å². The van der Waals surface area contributed by atoms with E-state index in [1.54, 1.807) is 11.9 Å². The van der Waals surface area contributed by atoms with Crippen LogP contribution in [0.5, 0.6) is 0 Å². The molecule has 1 aliphatic rings. The van der Waals surface area contributed by atoms with Gasteiger partial charge in [-0.15, -0.1) is 0 Å². The first kappa shape index (κ1) is 11.9. The van der Waals surface area contributed by atoms with Crippen molar-refractivity contribution in [3.05, 3.63) is 21.6 Å². The summed E-state index contributed by atoms with van der Waals surface area (Å²) in [5.41, 5.74) is 0.0267. The van der Waals surface area contributed by atoms with Gasteiger partial charge in [0.15, 0.2) is 0 Å². The fourth-order valence-corrected chi connectivity index (χ4v) is 1.98. The summed E-state index contributed by atoms with van der Waals surface area (Å²) in [7, 11) is 3.26. The van der Waals surface area contributed by atoms with E-state index in [-0.39, 0.29) is 22.5 Å². The molecule has 1 aliphatic heterocycles. The highest BCUT2D eigenvalue weighted by molar-refractivity contribution is 6.33. The van der Waals surface area contributed by atoms with E-state index in [4.69, 9.17) is 11.6 Å². The third-order valence-electron chi connectivity index (χ3n) is 2.84. The van der Waals surface area contributed by atoms with Gasteiger partial charge in [0.05, 0.1) is 11.9 Å². The zero-order chi connectivity index (χ0) is 12.6. The Labute approximate surface area is 103 Å². The summed E-state index contributed by atoms with van der Waals surface area (Å²) in [6, 6.07) is -0.327. The Bertz CT molecular complexity index is 514. The zero-order valence-electron chi connectivity index (χ0n) is 9.61. The predicted molar refractivity (Wildman–Crippen MR) is 64.2 cm³/mol. The number of amides is 1. The lowest BCUT2D eigenvalue weighted by atomic mass is 10.2. The zero-order valence-corrected chi connectivity index (χ0v) is 10.4. The van der Waals surface area contributed by atoms with Crippen molar-refractivity contribution in [2.45, 2.75) is 12.5 Å². The van der Waals surface area contributed by atoms with Crippen LogP contribution in [0.15, 0.2) is 11.0 Å². The van der Waals surface area contributed by atoms with Crippen molar-refractivity contribution in [1.29, 1.82) is 0 Å². The van der Waals surface area contributed by atoms with E-state index in [0.29, 0.717) is 18.7 Å². The van der Waals surface area contributed by atoms with Crippen LogP contribution in [-0.2, 0) is 11.8 Å². The lowest BCUT2D eigenvalue weighted by Gasteiger charge is -2.14. The fourth-order valence-electron chi connectivity index (χ4n) is 1.76. The fraction of sp³-hybridized carbons (Fsp3) is 0.500. The lowest BCUT2D eigenvalue weighted by molar-refractivity contribution is -0.127. The van der Waals surface area contributed by atoms with Gasteiger partial charge in [0, 0.05) is 20.6 Å². The minimum absolute atomic E-state index is 0.00161. The number of hydrogen-bond acceptors (Lipinski definition) is 4. The molecule has 0 spiro atoms. The molecule has 0 bridgehead atoms. The first-order valence-corrected chi connectivity index (χ1v) is 5.62. The van der Waals surface area contributed by atoms with Crippen molar-refractivity contribution in [2.24, 2.45) is 7.05 Å². The molecule has 1 amide bonds. The molecule has 1 saturated heterocycles. The largest absolute Gasteiger partial charge is 0.371 e. The van der Waals surface area contributed by atoms with Gasteiger partial charge in [-0.3, -0.25) is 9.59 Å². The summed E-state index contributed by atoms with van der Waals surface area (Å²) < 4.78 is 1.15. The van der Waals surface area contributed by atoms with Crippen LogP contribution in [0.3, 0.4) is 0 Å². The number of nitrogens with one attached hydrogen (secondary N) is 1. The summed E-state index contributed by atoms with van der Waals surface area (Å²) in [5, 5.41) is 6.88. The molecule has 1 atom stereocenters. The number of rotatable bonds is 2. The number of carbonyl (C=O) groups excluding carboxylic acids is 1. The van der Waals surface area contributed by atoms with E-state index >= 15 is 0 Å². The van der Waals surface area contributed by atoms with Gasteiger partial charge in [-0.1, -0.05) is 11.6 Å². The van der Waals surface area contributed by atoms with Crippen molar-refractivity contribution < 1.29 is 4.79 Å². The summed E-state index contributed by atoms with van der Waals surface area (Å²) >= 11 is 5.90. The summed E-state index contributed by atoms with van der Waals surface area (Å²) in [4.78, 5) is 24.9. The summed E-state index contributed by atoms with van der Waals surface area (Å²) in [6.07, 6.45) is 2.15. The van der Waals surface area contributed by atoms with Crippen LogP contribution >= 0.6 is 11.6 Å². The molecule has 2 rings (SSSR count). The van der Waals surface area contributed by atoms with Gasteiger partial charge in [-0.2, -0.15) is 5.10 Å². The van der Waals surface area contributed by atoms with E-state index < -0.39 is 0 Å². The van der Waals surface area contributed by atoms with E-state index in [1.165, 1.54) is 13.2 Å². The smallest absolute Gasteiger partial charge is 0.287 e. The van der Waals surface area contributed by atoms with Crippen LogP contribution < -0.4 is 10.9 Å². The second-order valence-corrected chi connectivity index (χ2v) is 4.42. The molecule has 1 aromatic rings. The molecule has 0 aromatic carbocycles. The third kappa shape index (κ3) is 2.12. The van der Waals surface area contributed by atoms with Gasteiger partial charge in [0.25, 0.3) is 5.56 Å². The van der Waals surface area contributed by atoms with Crippen molar-refractivity contribution in [2.75, 3.05) is 18.9 Å². The molecular weight excluding hydrogens is 244 g/mol. The Morgan fingerprint density at radius 3 is 2.76 bits per heavy atom. The van der Waals surface area contributed by atoms with Crippen molar-refractivity contribution in [3.63, 3.8) is 0 Å². The maximum absolute atomic E-state index is 11.7. The molecule has 92 valence electrons. The SMILES string of the molecule is CN1CCC(Nc2cnn(C)c(=O)c2Cl)C1=O. The van der Waals surface area contributed by atoms with Crippen LogP contribution in [0.1, 0.15) is 6.42 Å². The molecule has 1 unspecified atom stereocenters. The second-order valence-electron chi connectivity index (χ2n) is 4.05. The molecule has 0 radical (unpaired) electrons. The van der Waals surface area contributed by atoms with Crippen LogP contribution in [0.4, 0.5) is 5.69 Å². The Morgan fingerprint density at radius 2 is 2.18 bits per heavy atom. The van der Waals surface area contributed by atoms with Gasteiger partial charge in [-0.25, -0.2) is 4.68 Å². The maximum atomic E-state index is 11.7. The lowest BCUT2D eigenvalue weighted by Crippen LogP contribution is -2.32. The topological polar surface area (TPSA) is 67.2 Å². The van der Waals surface area contributed by atoms with Gasteiger partial charge in [0.1, 0.15) is 11.1 Å². The number of nitrogens with zero attached hydrogens (tertiary/aromatic N) is 3. The first-order valence-electron chi connectivity index (χ1n) is 5.24. The summed E-state index contributed by atoms with van der Waals surface area (Å²) in [6.45, 7) is 0.701. The van der Waals surface area contributed by atoms with Gasteiger partial charge >= 0.3 is 0 Å². The number of likely N-dealkylation sites (N-methyl/N-ethyl adjacent to an activating group) is 1. The third-order valence-corrected chi connectivity index (χ3v) is 3.20. The van der Waals surface area contributed by atoms with Gasteiger partial charge < -0.3 is 10.2 Å². The Morgan fingerprint density at radius 1 is 1.47 bits per heavy atom. The molecule has 0 saturated carbocycles. The average Bonchev–Trinajstić information content (AvgIpc) is 2.62. The molecule has 1 aromatic heterocycles. The Kier molecular flexibility index (Phi) is 3.06. The molecule has 17 heavy (non-hydrogen) atoms. The number of carbonyl (C=O) groups is 1. The molecule has 2 heterocycles. The highest BCUT2D eigenvalue weighted by Gasteiger charge is 2.29. The molecular formula is C10H13ClN4O2. The molecule has 1 fully saturated rings. The summed E-state index contributed by atoms with van der Waals surface area (Å²) in [5.74, 6) is 0.00161. The predicted octanol–water partition coefficient (Wildman–Crippen LogP) is 0.0763. The first-order chi connectivity index (χ1) is 8.00.